The number of aliphatic imine (C=N–C) groups is 1. The maximum atomic E-state index is 5.63. The van der Waals surface area contributed by atoms with E-state index < -0.39 is 0 Å². The van der Waals surface area contributed by atoms with Crippen LogP contribution in [0.5, 0.6) is 0 Å². The summed E-state index contributed by atoms with van der Waals surface area (Å²) < 4.78 is 11.2. The Kier molecular flexibility index (Phi) is 7.62. The predicted molar refractivity (Wildman–Crippen MR) is 89.5 cm³/mol. The Hall–Kier alpha value is -1.18. The minimum Gasteiger partial charge on any atom is -0.379 e. The van der Waals surface area contributed by atoms with E-state index in [2.05, 4.69) is 20.6 Å². The van der Waals surface area contributed by atoms with Crippen LogP contribution in [0.3, 0.4) is 0 Å². The van der Waals surface area contributed by atoms with Crippen molar-refractivity contribution in [3.05, 3.63) is 16.1 Å². The molecule has 7 heteroatoms. The maximum Gasteiger partial charge on any atom is 0.191 e. The van der Waals surface area contributed by atoms with Gasteiger partial charge in [0.25, 0.3) is 0 Å². The summed E-state index contributed by atoms with van der Waals surface area (Å²) in [6.45, 7) is 5.96. The van der Waals surface area contributed by atoms with Gasteiger partial charge in [-0.05, 0) is 26.2 Å². The highest BCUT2D eigenvalue weighted by Gasteiger charge is 2.14. The first-order valence-electron chi connectivity index (χ1n) is 7.83. The van der Waals surface area contributed by atoms with Crippen molar-refractivity contribution in [3.8, 4) is 0 Å². The first-order chi connectivity index (χ1) is 10.8. The molecular formula is C15H26N4O2S. The molecule has 0 amide bonds. The fraction of sp³-hybridized carbons (Fsp3) is 0.733. The standard InChI is InChI=1S/C15H26N4O2S/c1-12-18-9-14(22-12)10-19-15(16-2)17-6-4-7-20-11-13-5-3-8-21-13/h9,13H,3-8,10-11H2,1-2H3,(H2,16,17,19). The van der Waals surface area contributed by atoms with Crippen LogP contribution < -0.4 is 10.6 Å². The number of thiazole rings is 1. The summed E-state index contributed by atoms with van der Waals surface area (Å²) in [5, 5.41) is 7.66. The summed E-state index contributed by atoms with van der Waals surface area (Å²) in [4.78, 5) is 9.66. The van der Waals surface area contributed by atoms with E-state index >= 15 is 0 Å². The minimum atomic E-state index is 0.310. The van der Waals surface area contributed by atoms with Gasteiger partial charge in [0.15, 0.2) is 5.96 Å². The Labute approximate surface area is 136 Å². The predicted octanol–water partition coefficient (Wildman–Crippen LogP) is 1.70. The molecule has 0 radical (unpaired) electrons. The second kappa shape index (κ2) is 9.76. The summed E-state index contributed by atoms with van der Waals surface area (Å²) >= 11 is 1.70. The summed E-state index contributed by atoms with van der Waals surface area (Å²) in [5.41, 5.74) is 0. The van der Waals surface area contributed by atoms with E-state index in [0.717, 1.165) is 63.1 Å². The van der Waals surface area contributed by atoms with Crippen LogP contribution in [0, 0.1) is 6.92 Å². The molecule has 1 saturated heterocycles. The second-order valence-electron chi connectivity index (χ2n) is 5.26. The first-order valence-corrected chi connectivity index (χ1v) is 8.64. The monoisotopic (exact) mass is 326 g/mol. The van der Waals surface area contributed by atoms with Gasteiger partial charge in [-0.3, -0.25) is 4.99 Å². The lowest BCUT2D eigenvalue weighted by atomic mass is 10.2. The number of rotatable bonds is 8. The van der Waals surface area contributed by atoms with E-state index in [4.69, 9.17) is 9.47 Å². The summed E-state index contributed by atoms with van der Waals surface area (Å²) in [6, 6.07) is 0. The van der Waals surface area contributed by atoms with E-state index in [0.29, 0.717) is 6.10 Å². The number of nitrogens with zero attached hydrogens (tertiary/aromatic N) is 2. The van der Waals surface area contributed by atoms with Crippen LogP contribution in [0.15, 0.2) is 11.2 Å². The van der Waals surface area contributed by atoms with Crippen molar-refractivity contribution in [2.45, 2.75) is 38.8 Å². The SMILES string of the molecule is CN=C(NCCCOCC1CCCO1)NCc1cnc(C)s1. The number of aryl methyl sites for hydroxylation is 1. The Morgan fingerprint density at radius 1 is 1.55 bits per heavy atom. The third-order valence-electron chi connectivity index (χ3n) is 3.41. The van der Waals surface area contributed by atoms with E-state index in [1.54, 1.807) is 18.4 Å². The molecule has 124 valence electrons. The summed E-state index contributed by atoms with van der Waals surface area (Å²) in [7, 11) is 1.78. The van der Waals surface area contributed by atoms with Gasteiger partial charge in [0, 0.05) is 37.9 Å². The molecule has 2 rings (SSSR count). The van der Waals surface area contributed by atoms with Crippen LogP contribution in [0.2, 0.25) is 0 Å². The molecule has 6 nitrogen and oxygen atoms in total. The molecule has 1 unspecified atom stereocenters. The van der Waals surface area contributed by atoms with Crippen LogP contribution in [0.25, 0.3) is 0 Å². The molecule has 2 heterocycles. The lowest BCUT2D eigenvalue weighted by molar-refractivity contribution is 0.0168. The average Bonchev–Trinajstić information content (AvgIpc) is 3.17. The van der Waals surface area contributed by atoms with Crippen molar-refractivity contribution in [2.75, 3.05) is 33.4 Å². The molecular weight excluding hydrogens is 300 g/mol. The molecule has 0 spiro atoms. The van der Waals surface area contributed by atoms with E-state index in [9.17, 15) is 0 Å². The number of ether oxygens (including phenoxy) is 2. The van der Waals surface area contributed by atoms with Crippen LogP contribution in [-0.2, 0) is 16.0 Å². The molecule has 1 atom stereocenters. The van der Waals surface area contributed by atoms with Crippen molar-refractivity contribution in [1.29, 1.82) is 0 Å². The summed E-state index contributed by atoms with van der Waals surface area (Å²) in [5.74, 6) is 0.810. The van der Waals surface area contributed by atoms with Gasteiger partial charge in [0.1, 0.15) is 0 Å². The number of aromatic nitrogens is 1. The normalized spacial score (nSPS) is 18.6. The number of hydrogen-bond donors (Lipinski definition) is 2. The van der Waals surface area contributed by atoms with Gasteiger partial charge in [-0.15, -0.1) is 11.3 Å². The Balaban J connectivity index is 1.50. The smallest absolute Gasteiger partial charge is 0.191 e. The van der Waals surface area contributed by atoms with Gasteiger partial charge in [0.2, 0.25) is 0 Å². The van der Waals surface area contributed by atoms with Gasteiger partial charge in [-0.2, -0.15) is 0 Å². The zero-order chi connectivity index (χ0) is 15.6. The van der Waals surface area contributed by atoms with Crippen LogP contribution >= 0.6 is 11.3 Å². The second-order valence-corrected chi connectivity index (χ2v) is 6.58. The Morgan fingerprint density at radius 3 is 3.14 bits per heavy atom. The molecule has 0 aliphatic carbocycles. The fourth-order valence-corrected chi connectivity index (χ4v) is 2.98. The highest BCUT2D eigenvalue weighted by atomic mass is 32.1. The Bertz CT molecular complexity index is 458. The number of hydrogen-bond acceptors (Lipinski definition) is 5. The van der Waals surface area contributed by atoms with Gasteiger partial charge < -0.3 is 20.1 Å². The van der Waals surface area contributed by atoms with Gasteiger partial charge in [-0.25, -0.2) is 4.98 Å². The van der Waals surface area contributed by atoms with Gasteiger partial charge in [0.05, 0.1) is 24.3 Å². The van der Waals surface area contributed by atoms with Crippen molar-refractivity contribution in [1.82, 2.24) is 15.6 Å². The third-order valence-corrected chi connectivity index (χ3v) is 4.32. The Morgan fingerprint density at radius 2 is 2.45 bits per heavy atom. The topological polar surface area (TPSA) is 67.8 Å². The van der Waals surface area contributed by atoms with E-state index in [1.807, 2.05) is 13.1 Å². The quantitative estimate of drug-likeness (QED) is 0.432. The molecule has 1 aromatic heterocycles. The van der Waals surface area contributed by atoms with Crippen molar-refractivity contribution < 1.29 is 9.47 Å². The largest absolute Gasteiger partial charge is 0.379 e. The van der Waals surface area contributed by atoms with Crippen LogP contribution in [0.4, 0.5) is 0 Å². The van der Waals surface area contributed by atoms with Crippen LogP contribution in [0.1, 0.15) is 29.1 Å². The van der Waals surface area contributed by atoms with Gasteiger partial charge in [-0.1, -0.05) is 0 Å². The minimum absolute atomic E-state index is 0.310. The molecule has 2 N–H and O–H groups in total. The lowest BCUT2D eigenvalue weighted by Gasteiger charge is -2.12. The molecule has 1 aliphatic heterocycles. The highest BCUT2D eigenvalue weighted by Crippen LogP contribution is 2.12. The van der Waals surface area contributed by atoms with Crippen molar-refractivity contribution in [3.63, 3.8) is 0 Å². The van der Waals surface area contributed by atoms with E-state index in [1.165, 1.54) is 4.88 Å². The lowest BCUT2D eigenvalue weighted by Crippen LogP contribution is -2.37. The van der Waals surface area contributed by atoms with Crippen molar-refractivity contribution in [2.24, 2.45) is 4.99 Å². The molecule has 1 aromatic rings. The molecule has 0 aromatic carbocycles. The zero-order valence-electron chi connectivity index (χ0n) is 13.4. The molecule has 1 aliphatic rings. The molecule has 0 bridgehead atoms. The number of nitrogens with one attached hydrogen (secondary N) is 2. The van der Waals surface area contributed by atoms with Gasteiger partial charge >= 0.3 is 0 Å². The first kappa shape index (κ1) is 17.2. The zero-order valence-corrected chi connectivity index (χ0v) is 14.2. The molecule has 0 saturated carbocycles. The van der Waals surface area contributed by atoms with Crippen molar-refractivity contribution >= 4 is 17.3 Å². The summed E-state index contributed by atoms with van der Waals surface area (Å²) in [6.07, 6.45) is 5.46. The average molecular weight is 326 g/mol. The molecule has 22 heavy (non-hydrogen) atoms. The molecule has 1 fully saturated rings. The van der Waals surface area contributed by atoms with Crippen LogP contribution in [-0.4, -0.2) is 50.5 Å². The number of guanidine groups is 1. The van der Waals surface area contributed by atoms with E-state index in [-0.39, 0.29) is 0 Å². The highest BCUT2D eigenvalue weighted by molar-refractivity contribution is 7.11. The third kappa shape index (κ3) is 6.29. The fourth-order valence-electron chi connectivity index (χ4n) is 2.25. The maximum absolute atomic E-state index is 5.63.